The summed E-state index contributed by atoms with van der Waals surface area (Å²) < 4.78 is 62.4. The van der Waals surface area contributed by atoms with Gasteiger partial charge >= 0.3 is 12.1 Å². The third kappa shape index (κ3) is 3.70. The van der Waals surface area contributed by atoms with Gasteiger partial charge in [0.25, 0.3) is 0 Å². The van der Waals surface area contributed by atoms with E-state index in [1.807, 2.05) is 0 Å². The lowest BCUT2D eigenvalue weighted by Crippen LogP contribution is -2.38. The molecule has 0 nitrogen and oxygen atoms in total. The van der Waals surface area contributed by atoms with Crippen LogP contribution < -0.4 is 0 Å². The molecule has 0 spiro atoms. The normalized spacial score (nSPS) is 28.1. The maximum absolute atomic E-state index is 12.8. The third-order valence-electron chi connectivity index (χ3n) is 3.14. The minimum Gasteiger partial charge on any atom is -0.196 e. The van der Waals surface area contributed by atoms with Gasteiger partial charge in [-0.25, -0.2) is 0 Å². The lowest BCUT2D eigenvalue weighted by molar-refractivity contribution is -0.288. The van der Waals surface area contributed by atoms with E-state index >= 15 is 0 Å². The van der Waals surface area contributed by atoms with Crippen molar-refractivity contribution < 1.29 is 22.0 Å². The molecule has 16 heavy (non-hydrogen) atoms. The van der Waals surface area contributed by atoms with Gasteiger partial charge in [-0.3, -0.25) is 0 Å². The summed E-state index contributed by atoms with van der Waals surface area (Å²) in [5, 5.41) is 0. The third-order valence-corrected chi connectivity index (χ3v) is 4.39. The van der Waals surface area contributed by atoms with E-state index in [0.29, 0.717) is 18.8 Å². The number of rotatable bonds is 3. The van der Waals surface area contributed by atoms with E-state index in [2.05, 4.69) is 22.6 Å². The Morgan fingerprint density at radius 2 is 1.31 bits per heavy atom. The number of alkyl halides is 6. The fraction of sp³-hybridized carbons (Fsp3) is 1.00. The van der Waals surface area contributed by atoms with Gasteiger partial charge in [0.2, 0.25) is 0 Å². The molecule has 0 atom stereocenters. The van der Waals surface area contributed by atoms with E-state index in [4.69, 9.17) is 0 Å². The van der Waals surface area contributed by atoms with Gasteiger partial charge in [0.05, 0.1) is 0 Å². The fourth-order valence-electron chi connectivity index (χ4n) is 2.07. The van der Waals surface area contributed by atoms with Gasteiger partial charge in [-0.05, 0) is 37.5 Å². The highest BCUT2D eigenvalue weighted by Gasteiger charge is 2.57. The zero-order valence-corrected chi connectivity index (χ0v) is 10.8. The molecule has 0 amide bonds. The van der Waals surface area contributed by atoms with Gasteiger partial charge in [-0.15, -0.1) is 0 Å². The Labute approximate surface area is 105 Å². The Morgan fingerprint density at radius 3 is 1.69 bits per heavy atom. The van der Waals surface area contributed by atoms with Crippen LogP contribution >= 0.6 is 22.6 Å². The zero-order chi connectivity index (χ0) is 12.4. The first-order valence-corrected chi connectivity index (χ1v) is 6.79. The highest BCUT2D eigenvalue weighted by molar-refractivity contribution is 14.1. The molecule has 0 aliphatic heterocycles. The summed E-state index contributed by atoms with van der Waals surface area (Å²) in [4.78, 5) is 0. The Hall–Kier alpha value is 0.380. The minimum atomic E-state index is -5.40. The first-order chi connectivity index (χ1) is 7.26. The first kappa shape index (κ1) is 14.4. The largest absolute Gasteiger partial charge is 0.453 e. The summed E-state index contributed by atoms with van der Waals surface area (Å²) in [5.74, 6) is -4.50. The van der Waals surface area contributed by atoms with Gasteiger partial charge in [-0.1, -0.05) is 22.6 Å². The summed E-state index contributed by atoms with van der Waals surface area (Å²) in [6.07, 6.45) is -3.88. The summed E-state index contributed by atoms with van der Waals surface area (Å²) in [6.45, 7) is 0. The second-order valence-electron chi connectivity index (χ2n) is 4.45. The number of halogens is 6. The molecule has 0 aromatic rings. The highest BCUT2D eigenvalue weighted by atomic mass is 127. The second kappa shape index (κ2) is 5.35. The van der Waals surface area contributed by atoms with Crippen molar-refractivity contribution >= 4 is 22.6 Å². The van der Waals surface area contributed by atoms with Crippen LogP contribution in [0.15, 0.2) is 0 Å². The molecule has 1 fully saturated rings. The Bertz CT molecular complexity index is 218. The van der Waals surface area contributed by atoms with Crippen molar-refractivity contribution in [2.45, 2.75) is 44.2 Å². The van der Waals surface area contributed by atoms with Crippen molar-refractivity contribution in [2.24, 2.45) is 11.8 Å². The lowest BCUT2D eigenvalue weighted by Gasteiger charge is -2.30. The van der Waals surface area contributed by atoms with Crippen molar-refractivity contribution in [1.29, 1.82) is 0 Å². The molecular weight excluding hydrogens is 342 g/mol. The average molecular weight is 356 g/mol. The molecule has 1 saturated carbocycles. The quantitative estimate of drug-likeness (QED) is 0.387. The van der Waals surface area contributed by atoms with Gasteiger partial charge in [-0.2, -0.15) is 22.0 Å². The predicted molar refractivity (Wildman–Crippen MR) is 60.0 cm³/mol. The van der Waals surface area contributed by atoms with Crippen molar-refractivity contribution in [1.82, 2.24) is 0 Å². The van der Waals surface area contributed by atoms with E-state index in [0.717, 1.165) is 17.3 Å². The van der Waals surface area contributed by atoms with Crippen molar-refractivity contribution in [3.63, 3.8) is 0 Å². The van der Waals surface area contributed by atoms with Crippen LogP contribution in [-0.4, -0.2) is 16.5 Å². The van der Waals surface area contributed by atoms with Gasteiger partial charge in [0, 0.05) is 10.8 Å². The molecule has 1 aliphatic rings. The summed E-state index contributed by atoms with van der Waals surface area (Å²) in [7, 11) is 0. The smallest absolute Gasteiger partial charge is 0.196 e. The molecule has 96 valence electrons. The molecule has 0 saturated heterocycles. The number of hydrogen-bond donors (Lipinski definition) is 0. The summed E-state index contributed by atoms with van der Waals surface area (Å²) in [5.41, 5.74) is 0. The van der Waals surface area contributed by atoms with E-state index < -0.39 is 24.4 Å². The molecule has 0 aromatic carbocycles. The standard InChI is InChI=1S/C10H14F5I/c11-9(12,10(13,14)15)5-7-1-3-8(6-16)4-2-7/h7-8H,1-6H2/t7-,8+. The van der Waals surface area contributed by atoms with Crippen molar-refractivity contribution in [2.75, 3.05) is 4.43 Å². The fourth-order valence-corrected chi connectivity index (χ4v) is 2.95. The Balaban J connectivity index is 2.45. The van der Waals surface area contributed by atoms with Crippen LogP contribution in [0.3, 0.4) is 0 Å². The van der Waals surface area contributed by atoms with Gasteiger partial charge in [0.1, 0.15) is 0 Å². The van der Waals surface area contributed by atoms with Crippen LogP contribution in [0.25, 0.3) is 0 Å². The maximum atomic E-state index is 12.8. The van der Waals surface area contributed by atoms with E-state index in [-0.39, 0.29) is 0 Å². The molecule has 1 rings (SSSR count). The van der Waals surface area contributed by atoms with Crippen LogP contribution in [0.1, 0.15) is 32.1 Å². The van der Waals surface area contributed by atoms with Crippen LogP contribution in [0.5, 0.6) is 0 Å². The molecule has 0 unspecified atom stereocenters. The van der Waals surface area contributed by atoms with Crippen molar-refractivity contribution in [3.8, 4) is 0 Å². The van der Waals surface area contributed by atoms with Crippen LogP contribution in [0.2, 0.25) is 0 Å². The van der Waals surface area contributed by atoms with Gasteiger partial charge < -0.3 is 0 Å². The zero-order valence-electron chi connectivity index (χ0n) is 8.67. The summed E-state index contributed by atoms with van der Waals surface area (Å²) >= 11 is 2.23. The van der Waals surface area contributed by atoms with E-state index in [1.165, 1.54) is 0 Å². The average Bonchev–Trinajstić information content (AvgIpc) is 2.16. The molecule has 0 N–H and O–H groups in total. The molecule has 0 bridgehead atoms. The van der Waals surface area contributed by atoms with Crippen LogP contribution in [0.4, 0.5) is 22.0 Å². The Morgan fingerprint density at radius 1 is 0.875 bits per heavy atom. The minimum absolute atomic E-state index is 0.476. The first-order valence-electron chi connectivity index (χ1n) is 5.27. The predicted octanol–water partition coefficient (Wildman–Crippen LogP) is 4.82. The van der Waals surface area contributed by atoms with Crippen LogP contribution in [0, 0.1) is 11.8 Å². The molecule has 0 heterocycles. The second-order valence-corrected chi connectivity index (χ2v) is 5.33. The monoisotopic (exact) mass is 356 g/mol. The maximum Gasteiger partial charge on any atom is 0.453 e. The molecule has 6 heteroatoms. The highest BCUT2D eigenvalue weighted by Crippen LogP contribution is 2.43. The topological polar surface area (TPSA) is 0 Å². The van der Waals surface area contributed by atoms with E-state index in [9.17, 15) is 22.0 Å². The lowest BCUT2D eigenvalue weighted by atomic mass is 9.80. The molecule has 0 radical (unpaired) electrons. The summed E-state index contributed by atoms with van der Waals surface area (Å²) in [6, 6.07) is 0. The molecule has 1 aliphatic carbocycles. The van der Waals surface area contributed by atoms with Crippen LogP contribution in [-0.2, 0) is 0 Å². The number of hydrogen-bond acceptors (Lipinski definition) is 0. The van der Waals surface area contributed by atoms with E-state index in [1.54, 1.807) is 0 Å². The SMILES string of the molecule is FC(F)(F)C(F)(F)C[C@H]1CC[C@@H](CI)CC1. The van der Waals surface area contributed by atoms with Gasteiger partial charge in [0.15, 0.2) is 0 Å². The Kier molecular flexibility index (Phi) is 4.83. The molecule has 0 aromatic heterocycles. The molecular formula is C10H14F5I. The van der Waals surface area contributed by atoms with Crippen molar-refractivity contribution in [3.05, 3.63) is 0 Å².